The Balaban J connectivity index is 1.85. The van der Waals surface area contributed by atoms with Gasteiger partial charge in [0, 0.05) is 6.04 Å². The summed E-state index contributed by atoms with van der Waals surface area (Å²) in [5.41, 5.74) is 6.15. The standard InChI is InChI=1S/C13H23NO/c14-12-9-5-2-6-10-13(12)15-11-7-3-1-4-8-11/h3,7,11-13H,1-2,4-6,8-10,14H2. The van der Waals surface area contributed by atoms with Gasteiger partial charge in [-0.3, -0.25) is 0 Å². The summed E-state index contributed by atoms with van der Waals surface area (Å²) in [6.07, 6.45) is 15.0. The van der Waals surface area contributed by atoms with Crippen molar-refractivity contribution in [3.05, 3.63) is 12.2 Å². The Labute approximate surface area is 92.9 Å². The number of allylic oxidation sites excluding steroid dienone is 1. The van der Waals surface area contributed by atoms with Crippen LogP contribution >= 0.6 is 0 Å². The van der Waals surface area contributed by atoms with E-state index in [2.05, 4.69) is 12.2 Å². The molecule has 0 heterocycles. The molecule has 2 heteroatoms. The van der Waals surface area contributed by atoms with E-state index in [9.17, 15) is 0 Å². The third-order valence-electron chi connectivity index (χ3n) is 3.56. The molecule has 0 aromatic rings. The molecule has 0 aromatic heterocycles. The average molecular weight is 209 g/mol. The van der Waals surface area contributed by atoms with Gasteiger partial charge in [0.25, 0.3) is 0 Å². The molecule has 0 amide bonds. The van der Waals surface area contributed by atoms with E-state index < -0.39 is 0 Å². The first kappa shape index (κ1) is 11.2. The maximum atomic E-state index is 6.15. The third-order valence-corrected chi connectivity index (χ3v) is 3.56. The van der Waals surface area contributed by atoms with Crippen molar-refractivity contribution in [1.29, 1.82) is 0 Å². The van der Waals surface area contributed by atoms with Crippen LogP contribution in [0.25, 0.3) is 0 Å². The lowest BCUT2D eigenvalue weighted by atomic mass is 10.0. The van der Waals surface area contributed by atoms with E-state index in [1.165, 1.54) is 38.5 Å². The van der Waals surface area contributed by atoms with Crippen molar-refractivity contribution in [3.63, 3.8) is 0 Å². The quantitative estimate of drug-likeness (QED) is 0.560. The van der Waals surface area contributed by atoms with E-state index in [0.717, 1.165) is 12.8 Å². The predicted molar refractivity (Wildman–Crippen MR) is 62.7 cm³/mol. The molecule has 0 aromatic carbocycles. The maximum Gasteiger partial charge on any atom is 0.0760 e. The minimum Gasteiger partial charge on any atom is -0.369 e. The van der Waals surface area contributed by atoms with Crippen LogP contribution in [0.15, 0.2) is 12.2 Å². The molecule has 86 valence electrons. The second kappa shape index (κ2) is 5.66. The summed E-state index contributed by atoms with van der Waals surface area (Å²) < 4.78 is 6.11. The van der Waals surface area contributed by atoms with Crippen LogP contribution in [0.3, 0.4) is 0 Å². The molecule has 2 aliphatic rings. The molecule has 2 rings (SSSR count). The number of nitrogens with two attached hydrogens (primary N) is 1. The molecule has 0 saturated heterocycles. The smallest absolute Gasteiger partial charge is 0.0760 e. The predicted octanol–water partition coefficient (Wildman–Crippen LogP) is 2.77. The molecule has 2 aliphatic carbocycles. The monoisotopic (exact) mass is 209 g/mol. The van der Waals surface area contributed by atoms with E-state index in [-0.39, 0.29) is 6.04 Å². The zero-order valence-electron chi connectivity index (χ0n) is 9.53. The Hall–Kier alpha value is -0.340. The average Bonchev–Trinajstić information content (AvgIpc) is 2.46. The second-order valence-corrected chi connectivity index (χ2v) is 4.87. The first-order valence-electron chi connectivity index (χ1n) is 6.44. The van der Waals surface area contributed by atoms with Crippen molar-refractivity contribution in [2.75, 3.05) is 0 Å². The molecule has 0 aliphatic heterocycles. The number of rotatable bonds is 2. The van der Waals surface area contributed by atoms with Gasteiger partial charge >= 0.3 is 0 Å². The molecular formula is C13H23NO. The highest BCUT2D eigenvalue weighted by Crippen LogP contribution is 2.23. The van der Waals surface area contributed by atoms with E-state index in [1.807, 2.05) is 0 Å². The fourth-order valence-electron chi connectivity index (χ4n) is 2.59. The molecule has 1 saturated carbocycles. The summed E-state index contributed by atoms with van der Waals surface area (Å²) in [6, 6.07) is 0.267. The second-order valence-electron chi connectivity index (χ2n) is 4.87. The first-order chi connectivity index (χ1) is 7.36. The van der Waals surface area contributed by atoms with Crippen molar-refractivity contribution >= 4 is 0 Å². The molecule has 15 heavy (non-hydrogen) atoms. The van der Waals surface area contributed by atoms with Crippen molar-refractivity contribution in [1.82, 2.24) is 0 Å². The van der Waals surface area contributed by atoms with Crippen molar-refractivity contribution in [2.24, 2.45) is 5.73 Å². The van der Waals surface area contributed by atoms with Gasteiger partial charge in [-0.15, -0.1) is 0 Å². The normalized spacial score (nSPS) is 37.5. The highest BCUT2D eigenvalue weighted by Gasteiger charge is 2.23. The third kappa shape index (κ3) is 3.32. The van der Waals surface area contributed by atoms with Gasteiger partial charge < -0.3 is 10.5 Å². The van der Waals surface area contributed by atoms with Crippen molar-refractivity contribution in [2.45, 2.75) is 69.6 Å². The lowest BCUT2D eigenvalue weighted by Crippen LogP contribution is -2.38. The SMILES string of the molecule is NC1CCCCCC1OC1C=CCCC1. The number of hydrogen-bond acceptors (Lipinski definition) is 2. The lowest BCUT2D eigenvalue weighted by molar-refractivity contribution is -0.0109. The highest BCUT2D eigenvalue weighted by atomic mass is 16.5. The fraction of sp³-hybridized carbons (Fsp3) is 0.846. The summed E-state index contributed by atoms with van der Waals surface area (Å²) >= 11 is 0. The molecule has 2 N–H and O–H groups in total. The van der Waals surface area contributed by atoms with Crippen LogP contribution < -0.4 is 5.73 Å². The molecular weight excluding hydrogens is 186 g/mol. The highest BCUT2D eigenvalue weighted by molar-refractivity contribution is 4.95. The Bertz CT molecular complexity index is 215. The summed E-state index contributed by atoms with van der Waals surface area (Å²) in [6.45, 7) is 0. The van der Waals surface area contributed by atoms with Crippen LogP contribution in [0.1, 0.15) is 51.4 Å². The zero-order valence-corrected chi connectivity index (χ0v) is 9.53. The van der Waals surface area contributed by atoms with E-state index in [4.69, 9.17) is 10.5 Å². The van der Waals surface area contributed by atoms with Crippen LogP contribution in [-0.4, -0.2) is 18.2 Å². The summed E-state index contributed by atoms with van der Waals surface area (Å²) in [5, 5.41) is 0. The van der Waals surface area contributed by atoms with Crippen LogP contribution in [-0.2, 0) is 4.74 Å². The van der Waals surface area contributed by atoms with Gasteiger partial charge in [0.05, 0.1) is 12.2 Å². The molecule has 3 atom stereocenters. The summed E-state index contributed by atoms with van der Waals surface area (Å²) in [4.78, 5) is 0. The van der Waals surface area contributed by atoms with E-state index in [0.29, 0.717) is 12.2 Å². The lowest BCUT2D eigenvalue weighted by Gasteiger charge is -2.27. The van der Waals surface area contributed by atoms with Gasteiger partial charge in [-0.05, 0) is 32.1 Å². The Morgan fingerprint density at radius 1 is 1.00 bits per heavy atom. The largest absolute Gasteiger partial charge is 0.369 e. The first-order valence-corrected chi connectivity index (χ1v) is 6.44. The van der Waals surface area contributed by atoms with E-state index in [1.54, 1.807) is 0 Å². The molecule has 3 unspecified atom stereocenters. The molecule has 0 spiro atoms. The summed E-state index contributed by atoms with van der Waals surface area (Å²) in [7, 11) is 0. The molecule has 0 radical (unpaired) electrons. The van der Waals surface area contributed by atoms with Crippen LogP contribution in [0.4, 0.5) is 0 Å². The van der Waals surface area contributed by atoms with Gasteiger partial charge in [0.1, 0.15) is 0 Å². The van der Waals surface area contributed by atoms with E-state index >= 15 is 0 Å². The Morgan fingerprint density at radius 2 is 1.87 bits per heavy atom. The Kier molecular flexibility index (Phi) is 4.21. The molecule has 2 nitrogen and oxygen atoms in total. The van der Waals surface area contributed by atoms with Gasteiger partial charge in [0.2, 0.25) is 0 Å². The maximum absolute atomic E-state index is 6.15. The van der Waals surface area contributed by atoms with Crippen LogP contribution in [0.2, 0.25) is 0 Å². The zero-order chi connectivity index (χ0) is 10.5. The van der Waals surface area contributed by atoms with Crippen molar-refractivity contribution < 1.29 is 4.74 Å². The molecule has 0 bridgehead atoms. The minimum atomic E-state index is 0.267. The van der Waals surface area contributed by atoms with Crippen LogP contribution in [0.5, 0.6) is 0 Å². The van der Waals surface area contributed by atoms with Gasteiger partial charge in [-0.1, -0.05) is 31.4 Å². The molecule has 1 fully saturated rings. The number of ether oxygens (including phenoxy) is 1. The van der Waals surface area contributed by atoms with Gasteiger partial charge in [-0.25, -0.2) is 0 Å². The fourth-order valence-corrected chi connectivity index (χ4v) is 2.59. The van der Waals surface area contributed by atoms with Gasteiger partial charge in [-0.2, -0.15) is 0 Å². The summed E-state index contributed by atoms with van der Waals surface area (Å²) in [5.74, 6) is 0. The number of hydrogen-bond donors (Lipinski definition) is 1. The Morgan fingerprint density at radius 3 is 2.67 bits per heavy atom. The van der Waals surface area contributed by atoms with Crippen LogP contribution in [0, 0.1) is 0 Å². The minimum absolute atomic E-state index is 0.267. The topological polar surface area (TPSA) is 35.2 Å². The van der Waals surface area contributed by atoms with Crippen molar-refractivity contribution in [3.8, 4) is 0 Å². The van der Waals surface area contributed by atoms with Gasteiger partial charge in [0.15, 0.2) is 0 Å².